The molecule has 0 bridgehead atoms. The van der Waals surface area contributed by atoms with E-state index in [1.165, 1.54) is 0 Å². The Bertz CT molecular complexity index is 1010. The quantitative estimate of drug-likeness (QED) is 0.649. The lowest BCUT2D eigenvalue weighted by Crippen LogP contribution is -2.38. The van der Waals surface area contributed by atoms with E-state index in [4.69, 9.17) is 9.26 Å². The van der Waals surface area contributed by atoms with Crippen molar-refractivity contribution in [3.8, 4) is 11.5 Å². The molecule has 0 saturated carbocycles. The highest BCUT2D eigenvalue weighted by atomic mass is 16.5. The summed E-state index contributed by atoms with van der Waals surface area (Å²) in [6, 6.07) is 14.4. The Hall–Kier alpha value is -3.48. The molecule has 1 amide bonds. The number of esters is 1. The molecule has 1 aromatic heterocycles. The molecule has 3 aromatic rings. The number of fused-ring (bicyclic) bond motifs is 1. The molecule has 4 rings (SSSR count). The Balaban J connectivity index is 1.39. The van der Waals surface area contributed by atoms with Gasteiger partial charge in [0.05, 0.1) is 5.56 Å². The molecule has 2 heterocycles. The summed E-state index contributed by atoms with van der Waals surface area (Å²) in [5.41, 5.74) is 3.10. The summed E-state index contributed by atoms with van der Waals surface area (Å²) in [5, 5.41) is 3.74. The molecule has 0 radical (unpaired) electrons. The van der Waals surface area contributed by atoms with Crippen molar-refractivity contribution in [3.05, 3.63) is 65.5 Å². The number of aromatic nitrogens is 2. The third-order valence-electron chi connectivity index (χ3n) is 4.63. The van der Waals surface area contributed by atoms with E-state index in [-0.39, 0.29) is 12.5 Å². The van der Waals surface area contributed by atoms with E-state index in [0.29, 0.717) is 29.4 Å². The SMILES string of the molecule is Cc1noc(-c2ccc(C(=O)OCC(=O)N3CCCc4ccccc43)cc2)n1. The molecular formula is C21H19N3O4. The van der Waals surface area contributed by atoms with Gasteiger partial charge in [-0.15, -0.1) is 0 Å². The zero-order valence-corrected chi connectivity index (χ0v) is 15.4. The summed E-state index contributed by atoms with van der Waals surface area (Å²) in [5.74, 6) is 0.151. The van der Waals surface area contributed by atoms with Crippen molar-refractivity contribution in [1.29, 1.82) is 0 Å². The standard InChI is InChI=1S/C21H19N3O4/c1-14-22-20(28-23-14)16-8-10-17(11-9-16)21(26)27-13-19(25)24-12-4-6-15-5-2-3-7-18(15)24/h2-3,5,7-11H,4,6,12-13H2,1H3. The molecule has 142 valence electrons. The number of carbonyl (C=O) groups excluding carboxylic acids is 2. The van der Waals surface area contributed by atoms with Crippen LogP contribution in [0.3, 0.4) is 0 Å². The number of carbonyl (C=O) groups is 2. The molecule has 28 heavy (non-hydrogen) atoms. The summed E-state index contributed by atoms with van der Waals surface area (Å²) < 4.78 is 10.3. The number of benzene rings is 2. The second-order valence-electron chi connectivity index (χ2n) is 6.58. The second kappa shape index (κ2) is 7.64. The highest BCUT2D eigenvalue weighted by Crippen LogP contribution is 2.26. The average Bonchev–Trinajstić information content (AvgIpc) is 3.17. The monoisotopic (exact) mass is 377 g/mol. The molecule has 0 spiro atoms. The van der Waals surface area contributed by atoms with Gasteiger partial charge in [-0.3, -0.25) is 4.79 Å². The predicted octanol–water partition coefficient (Wildman–Crippen LogP) is 3.18. The molecule has 7 heteroatoms. The van der Waals surface area contributed by atoms with Crippen molar-refractivity contribution in [2.24, 2.45) is 0 Å². The van der Waals surface area contributed by atoms with Gasteiger partial charge in [0.1, 0.15) is 0 Å². The van der Waals surface area contributed by atoms with Crippen LogP contribution in [-0.4, -0.2) is 35.2 Å². The summed E-state index contributed by atoms with van der Waals surface area (Å²) in [7, 11) is 0. The van der Waals surface area contributed by atoms with Crippen LogP contribution in [0.4, 0.5) is 5.69 Å². The molecule has 0 unspecified atom stereocenters. The van der Waals surface area contributed by atoms with Crippen LogP contribution in [0.1, 0.15) is 28.2 Å². The van der Waals surface area contributed by atoms with Gasteiger partial charge in [-0.05, 0) is 55.7 Å². The summed E-state index contributed by atoms with van der Waals surface area (Å²) >= 11 is 0. The van der Waals surface area contributed by atoms with Gasteiger partial charge in [0.2, 0.25) is 0 Å². The van der Waals surface area contributed by atoms with Crippen LogP contribution in [-0.2, 0) is 16.0 Å². The van der Waals surface area contributed by atoms with E-state index in [9.17, 15) is 9.59 Å². The smallest absolute Gasteiger partial charge is 0.338 e. The first-order valence-corrected chi connectivity index (χ1v) is 9.08. The van der Waals surface area contributed by atoms with Crippen LogP contribution in [0, 0.1) is 6.92 Å². The average molecular weight is 377 g/mol. The molecule has 0 fully saturated rings. The molecule has 0 saturated heterocycles. The zero-order valence-electron chi connectivity index (χ0n) is 15.4. The molecule has 0 N–H and O–H groups in total. The van der Waals surface area contributed by atoms with Crippen LogP contribution in [0.25, 0.3) is 11.5 Å². The van der Waals surface area contributed by atoms with Crippen molar-refractivity contribution >= 4 is 17.6 Å². The first kappa shape index (κ1) is 17.9. The van der Waals surface area contributed by atoms with E-state index in [1.54, 1.807) is 36.1 Å². The van der Waals surface area contributed by atoms with Crippen LogP contribution in [0.5, 0.6) is 0 Å². The topological polar surface area (TPSA) is 85.5 Å². The minimum absolute atomic E-state index is 0.224. The highest BCUT2D eigenvalue weighted by Gasteiger charge is 2.23. The van der Waals surface area contributed by atoms with Crippen LogP contribution in [0.2, 0.25) is 0 Å². The third kappa shape index (κ3) is 3.64. The number of nitrogens with zero attached hydrogens (tertiary/aromatic N) is 3. The Morgan fingerprint density at radius 3 is 2.68 bits per heavy atom. The minimum atomic E-state index is -0.549. The Morgan fingerprint density at radius 2 is 1.93 bits per heavy atom. The number of rotatable bonds is 4. The van der Waals surface area contributed by atoms with Crippen molar-refractivity contribution in [2.45, 2.75) is 19.8 Å². The number of hydrogen-bond donors (Lipinski definition) is 0. The lowest BCUT2D eigenvalue weighted by Gasteiger charge is -2.29. The number of para-hydroxylation sites is 1. The maximum Gasteiger partial charge on any atom is 0.338 e. The van der Waals surface area contributed by atoms with E-state index in [1.807, 2.05) is 24.3 Å². The van der Waals surface area contributed by atoms with E-state index >= 15 is 0 Å². The predicted molar refractivity (Wildman–Crippen MR) is 102 cm³/mol. The number of amides is 1. The summed E-state index contributed by atoms with van der Waals surface area (Å²) in [4.78, 5) is 30.7. The molecule has 1 aliphatic rings. The van der Waals surface area contributed by atoms with E-state index < -0.39 is 5.97 Å². The first-order valence-electron chi connectivity index (χ1n) is 9.08. The molecule has 7 nitrogen and oxygen atoms in total. The Morgan fingerprint density at radius 1 is 1.14 bits per heavy atom. The molecule has 0 aliphatic carbocycles. The van der Waals surface area contributed by atoms with Crippen molar-refractivity contribution in [1.82, 2.24) is 10.1 Å². The minimum Gasteiger partial charge on any atom is -0.452 e. The largest absolute Gasteiger partial charge is 0.452 e. The van der Waals surface area contributed by atoms with Crippen molar-refractivity contribution in [3.63, 3.8) is 0 Å². The number of hydrogen-bond acceptors (Lipinski definition) is 6. The summed E-state index contributed by atoms with van der Waals surface area (Å²) in [6.07, 6.45) is 1.85. The highest BCUT2D eigenvalue weighted by molar-refractivity contribution is 5.98. The van der Waals surface area contributed by atoms with Gasteiger partial charge < -0.3 is 14.2 Å². The molecule has 2 aromatic carbocycles. The van der Waals surface area contributed by atoms with Crippen LogP contribution < -0.4 is 4.90 Å². The molecule has 0 atom stereocenters. The lowest BCUT2D eigenvalue weighted by molar-refractivity contribution is -0.121. The van der Waals surface area contributed by atoms with Crippen molar-refractivity contribution in [2.75, 3.05) is 18.1 Å². The van der Waals surface area contributed by atoms with Gasteiger partial charge in [-0.1, -0.05) is 23.4 Å². The molecular weight excluding hydrogens is 358 g/mol. The maximum atomic E-state index is 12.6. The second-order valence-corrected chi connectivity index (χ2v) is 6.58. The first-order chi connectivity index (χ1) is 13.6. The summed E-state index contributed by atoms with van der Waals surface area (Å²) in [6.45, 7) is 2.07. The van der Waals surface area contributed by atoms with E-state index in [2.05, 4.69) is 10.1 Å². The molecule has 1 aliphatic heterocycles. The number of anilines is 1. The van der Waals surface area contributed by atoms with Crippen LogP contribution in [0.15, 0.2) is 53.1 Å². The zero-order chi connectivity index (χ0) is 19.5. The van der Waals surface area contributed by atoms with Gasteiger partial charge in [0, 0.05) is 17.8 Å². The Labute approximate surface area is 161 Å². The van der Waals surface area contributed by atoms with Gasteiger partial charge in [-0.2, -0.15) is 4.98 Å². The fraction of sp³-hybridized carbons (Fsp3) is 0.238. The fourth-order valence-corrected chi connectivity index (χ4v) is 3.24. The van der Waals surface area contributed by atoms with Crippen molar-refractivity contribution < 1.29 is 18.8 Å². The van der Waals surface area contributed by atoms with Gasteiger partial charge in [0.25, 0.3) is 11.8 Å². The normalized spacial score (nSPS) is 13.1. The number of aryl methyl sites for hydroxylation is 2. The fourth-order valence-electron chi connectivity index (χ4n) is 3.24. The van der Waals surface area contributed by atoms with E-state index in [0.717, 1.165) is 24.1 Å². The number of ether oxygens (including phenoxy) is 1. The third-order valence-corrected chi connectivity index (χ3v) is 4.63. The van der Waals surface area contributed by atoms with Gasteiger partial charge >= 0.3 is 5.97 Å². The maximum absolute atomic E-state index is 12.6. The lowest BCUT2D eigenvalue weighted by atomic mass is 10.0. The Kier molecular flexibility index (Phi) is 4.89. The van der Waals surface area contributed by atoms with Gasteiger partial charge in [-0.25, -0.2) is 4.79 Å². The van der Waals surface area contributed by atoms with Crippen LogP contribution >= 0.6 is 0 Å². The van der Waals surface area contributed by atoms with Gasteiger partial charge in [0.15, 0.2) is 12.4 Å².